The summed E-state index contributed by atoms with van der Waals surface area (Å²) >= 11 is 0. The molecule has 28 heavy (non-hydrogen) atoms. The van der Waals surface area contributed by atoms with Crippen LogP contribution in [-0.4, -0.2) is 11.6 Å². The number of benzene rings is 3. The Hall–Kier alpha value is -3.13. The standard InChI is InChI=1S/C26H25NO/c1-20-9-10-21(24(19-20)15-18-28-25-13-16-27-17-14-25)11-12-23-7-4-6-22-5-2-3-8-26(22)23/h2-10,13-14,16-17,19H,11-12,15,18H2,1H3. The molecule has 0 radical (unpaired) electrons. The second-order valence-electron chi connectivity index (χ2n) is 7.19. The summed E-state index contributed by atoms with van der Waals surface area (Å²) < 4.78 is 5.89. The lowest BCUT2D eigenvalue weighted by molar-refractivity contribution is 0.321. The Morgan fingerprint density at radius 2 is 1.50 bits per heavy atom. The molecule has 0 fully saturated rings. The molecule has 3 aromatic carbocycles. The zero-order chi connectivity index (χ0) is 19.2. The third-order valence-electron chi connectivity index (χ3n) is 5.20. The third kappa shape index (κ3) is 4.40. The fraction of sp³-hybridized carbons (Fsp3) is 0.192. The summed E-state index contributed by atoms with van der Waals surface area (Å²) in [6, 6.07) is 25.8. The van der Waals surface area contributed by atoms with Gasteiger partial charge in [0.25, 0.3) is 0 Å². The molecule has 2 heteroatoms. The van der Waals surface area contributed by atoms with Gasteiger partial charge in [-0.2, -0.15) is 0 Å². The van der Waals surface area contributed by atoms with Gasteiger partial charge in [-0.05, 0) is 59.4 Å². The van der Waals surface area contributed by atoms with Crippen LogP contribution in [0.25, 0.3) is 10.8 Å². The van der Waals surface area contributed by atoms with Crippen LogP contribution in [0, 0.1) is 6.92 Å². The van der Waals surface area contributed by atoms with Crippen molar-refractivity contribution in [2.45, 2.75) is 26.2 Å². The van der Waals surface area contributed by atoms with Gasteiger partial charge in [-0.1, -0.05) is 66.2 Å². The van der Waals surface area contributed by atoms with Crippen molar-refractivity contribution in [3.63, 3.8) is 0 Å². The van der Waals surface area contributed by atoms with Crippen LogP contribution in [0.3, 0.4) is 0 Å². The van der Waals surface area contributed by atoms with Crippen molar-refractivity contribution in [1.82, 2.24) is 4.98 Å². The molecule has 0 N–H and O–H groups in total. The quantitative estimate of drug-likeness (QED) is 0.403. The van der Waals surface area contributed by atoms with Gasteiger partial charge in [-0.15, -0.1) is 0 Å². The fourth-order valence-corrected chi connectivity index (χ4v) is 3.72. The van der Waals surface area contributed by atoms with Gasteiger partial charge in [0.05, 0.1) is 6.61 Å². The van der Waals surface area contributed by atoms with Crippen LogP contribution < -0.4 is 4.74 Å². The van der Waals surface area contributed by atoms with Crippen LogP contribution in [0.15, 0.2) is 85.2 Å². The lowest BCUT2D eigenvalue weighted by Gasteiger charge is -2.13. The monoisotopic (exact) mass is 367 g/mol. The normalized spacial score (nSPS) is 10.9. The molecule has 1 aromatic heterocycles. The van der Waals surface area contributed by atoms with E-state index < -0.39 is 0 Å². The highest BCUT2D eigenvalue weighted by atomic mass is 16.5. The van der Waals surface area contributed by atoms with E-state index in [1.54, 1.807) is 12.4 Å². The number of hydrogen-bond acceptors (Lipinski definition) is 2. The third-order valence-corrected chi connectivity index (χ3v) is 5.20. The van der Waals surface area contributed by atoms with Crippen molar-refractivity contribution in [2.24, 2.45) is 0 Å². The summed E-state index contributed by atoms with van der Waals surface area (Å²) in [7, 11) is 0. The van der Waals surface area contributed by atoms with E-state index in [4.69, 9.17) is 4.74 Å². The van der Waals surface area contributed by atoms with E-state index in [1.165, 1.54) is 33.0 Å². The molecule has 0 aliphatic rings. The SMILES string of the molecule is Cc1ccc(CCc2cccc3ccccc23)c(CCOc2ccncc2)c1. The van der Waals surface area contributed by atoms with Gasteiger partial charge in [0.15, 0.2) is 0 Å². The van der Waals surface area contributed by atoms with Gasteiger partial charge < -0.3 is 4.74 Å². The zero-order valence-corrected chi connectivity index (χ0v) is 16.3. The van der Waals surface area contributed by atoms with E-state index in [9.17, 15) is 0 Å². The molecule has 0 aliphatic carbocycles. The second kappa shape index (κ2) is 8.71. The Morgan fingerprint density at radius 1 is 0.714 bits per heavy atom. The van der Waals surface area contributed by atoms with Crippen molar-refractivity contribution < 1.29 is 4.74 Å². The average molecular weight is 367 g/mol. The number of rotatable bonds is 7. The van der Waals surface area contributed by atoms with E-state index in [-0.39, 0.29) is 0 Å². The first-order valence-corrected chi connectivity index (χ1v) is 9.87. The predicted octanol–water partition coefficient (Wildman–Crippen LogP) is 5.95. The number of fused-ring (bicyclic) bond motifs is 1. The second-order valence-corrected chi connectivity index (χ2v) is 7.19. The van der Waals surface area contributed by atoms with Gasteiger partial charge in [-0.3, -0.25) is 4.98 Å². The molecule has 2 nitrogen and oxygen atoms in total. The number of aromatic nitrogens is 1. The van der Waals surface area contributed by atoms with Gasteiger partial charge >= 0.3 is 0 Å². The molecule has 0 saturated carbocycles. The molecule has 4 aromatic rings. The molecule has 0 spiro atoms. The lowest BCUT2D eigenvalue weighted by atomic mass is 9.94. The molecular weight excluding hydrogens is 342 g/mol. The minimum atomic E-state index is 0.675. The number of hydrogen-bond donors (Lipinski definition) is 0. The van der Waals surface area contributed by atoms with Crippen LogP contribution >= 0.6 is 0 Å². The number of ether oxygens (including phenoxy) is 1. The molecule has 4 rings (SSSR count). The summed E-state index contributed by atoms with van der Waals surface area (Å²) in [4.78, 5) is 4.03. The van der Waals surface area contributed by atoms with Crippen LogP contribution in [0.1, 0.15) is 22.3 Å². The summed E-state index contributed by atoms with van der Waals surface area (Å²) in [5.74, 6) is 0.875. The predicted molar refractivity (Wildman–Crippen MR) is 116 cm³/mol. The Balaban J connectivity index is 1.47. The van der Waals surface area contributed by atoms with Gasteiger partial charge in [0.2, 0.25) is 0 Å². The van der Waals surface area contributed by atoms with Crippen LogP contribution in [-0.2, 0) is 19.3 Å². The van der Waals surface area contributed by atoms with Crippen molar-refractivity contribution in [2.75, 3.05) is 6.61 Å². The van der Waals surface area contributed by atoms with E-state index in [0.717, 1.165) is 25.0 Å². The number of aryl methyl sites for hydroxylation is 3. The molecular formula is C26H25NO. The van der Waals surface area contributed by atoms with Gasteiger partial charge in [-0.25, -0.2) is 0 Å². The Morgan fingerprint density at radius 3 is 2.39 bits per heavy atom. The molecule has 0 atom stereocenters. The summed E-state index contributed by atoms with van der Waals surface area (Å²) in [5.41, 5.74) is 5.51. The first-order valence-electron chi connectivity index (χ1n) is 9.87. The number of nitrogens with zero attached hydrogens (tertiary/aromatic N) is 1. The fourth-order valence-electron chi connectivity index (χ4n) is 3.72. The largest absolute Gasteiger partial charge is 0.493 e. The highest BCUT2D eigenvalue weighted by Gasteiger charge is 2.06. The first-order chi connectivity index (χ1) is 13.8. The average Bonchev–Trinajstić information content (AvgIpc) is 2.74. The maximum absolute atomic E-state index is 5.89. The lowest BCUT2D eigenvalue weighted by Crippen LogP contribution is -2.05. The molecule has 140 valence electrons. The van der Waals surface area contributed by atoms with Crippen LogP contribution in [0.4, 0.5) is 0 Å². The van der Waals surface area contributed by atoms with Crippen LogP contribution in [0.2, 0.25) is 0 Å². The Kier molecular flexibility index (Phi) is 5.67. The minimum absolute atomic E-state index is 0.675. The molecule has 0 unspecified atom stereocenters. The van der Waals surface area contributed by atoms with Crippen molar-refractivity contribution in [1.29, 1.82) is 0 Å². The highest BCUT2D eigenvalue weighted by Crippen LogP contribution is 2.22. The number of pyridine rings is 1. The molecule has 1 heterocycles. The zero-order valence-electron chi connectivity index (χ0n) is 16.3. The Bertz CT molecular complexity index is 1050. The van der Waals surface area contributed by atoms with Crippen molar-refractivity contribution in [3.05, 3.63) is 107 Å². The first kappa shape index (κ1) is 18.2. The van der Waals surface area contributed by atoms with Crippen LogP contribution in [0.5, 0.6) is 5.75 Å². The topological polar surface area (TPSA) is 22.1 Å². The summed E-state index contributed by atoms with van der Waals surface area (Å²) in [6.45, 7) is 2.83. The molecule has 0 amide bonds. The van der Waals surface area contributed by atoms with Crippen molar-refractivity contribution >= 4 is 10.8 Å². The molecule has 0 saturated heterocycles. The summed E-state index contributed by atoms with van der Waals surface area (Å²) in [6.07, 6.45) is 6.52. The minimum Gasteiger partial charge on any atom is -0.493 e. The van der Waals surface area contributed by atoms with Crippen molar-refractivity contribution in [3.8, 4) is 5.75 Å². The maximum atomic E-state index is 5.89. The molecule has 0 bridgehead atoms. The van der Waals surface area contributed by atoms with Gasteiger partial charge in [0, 0.05) is 18.8 Å². The van der Waals surface area contributed by atoms with E-state index in [0.29, 0.717) is 6.61 Å². The van der Waals surface area contributed by atoms with E-state index in [2.05, 4.69) is 72.6 Å². The maximum Gasteiger partial charge on any atom is 0.122 e. The Labute approximate surface area is 166 Å². The molecule has 0 aliphatic heterocycles. The van der Waals surface area contributed by atoms with Gasteiger partial charge in [0.1, 0.15) is 5.75 Å². The summed E-state index contributed by atoms with van der Waals surface area (Å²) in [5, 5.41) is 2.68. The smallest absolute Gasteiger partial charge is 0.122 e. The van der Waals surface area contributed by atoms with E-state index in [1.807, 2.05) is 12.1 Å². The van der Waals surface area contributed by atoms with E-state index >= 15 is 0 Å². The highest BCUT2D eigenvalue weighted by molar-refractivity contribution is 5.85.